The molecule has 1 saturated carbocycles. The normalized spacial score (nSPS) is 24.0. The smallest absolute Gasteiger partial charge is 0.233 e. The molecule has 2 heterocycles. The fraction of sp³-hybridized carbons (Fsp3) is 0.800. The number of hydrogen-bond donors (Lipinski definition) is 2. The molecule has 0 bridgehead atoms. The minimum Gasteiger partial charge on any atom is -0.355 e. The monoisotopic (exact) mass is 308 g/mol. The SMILES string of the molecule is O=C1NCCCC[C@H]1Sc1n[nH]c(CCC2CCCC2)n1. The van der Waals surface area contributed by atoms with Gasteiger partial charge in [0.2, 0.25) is 11.1 Å². The van der Waals surface area contributed by atoms with Crippen LogP contribution in [0.4, 0.5) is 0 Å². The number of rotatable bonds is 5. The number of H-pyrrole nitrogens is 1. The lowest BCUT2D eigenvalue weighted by atomic mass is 10.0. The minimum atomic E-state index is -0.0361. The van der Waals surface area contributed by atoms with Gasteiger partial charge in [0, 0.05) is 13.0 Å². The van der Waals surface area contributed by atoms with E-state index < -0.39 is 0 Å². The second-order valence-corrected chi connectivity index (χ2v) is 7.32. The molecule has 1 atom stereocenters. The second-order valence-electron chi connectivity index (χ2n) is 6.15. The van der Waals surface area contributed by atoms with Crippen LogP contribution in [-0.4, -0.2) is 32.9 Å². The number of nitrogens with one attached hydrogen (secondary N) is 2. The van der Waals surface area contributed by atoms with Crippen LogP contribution in [0.3, 0.4) is 0 Å². The molecule has 1 aliphatic heterocycles. The van der Waals surface area contributed by atoms with Gasteiger partial charge in [0.1, 0.15) is 5.82 Å². The molecule has 21 heavy (non-hydrogen) atoms. The average molecular weight is 308 g/mol. The van der Waals surface area contributed by atoms with Crippen LogP contribution in [-0.2, 0) is 11.2 Å². The van der Waals surface area contributed by atoms with Crippen LogP contribution < -0.4 is 5.32 Å². The molecular weight excluding hydrogens is 284 g/mol. The molecule has 0 unspecified atom stereocenters. The number of hydrogen-bond acceptors (Lipinski definition) is 4. The Morgan fingerprint density at radius 2 is 1.95 bits per heavy atom. The van der Waals surface area contributed by atoms with E-state index in [-0.39, 0.29) is 11.2 Å². The molecule has 1 aliphatic carbocycles. The van der Waals surface area contributed by atoms with Crippen molar-refractivity contribution in [3.8, 4) is 0 Å². The van der Waals surface area contributed by atoms with Gasteiger partial charge in [-0.1, -0.05) is 43.9 Å². The number of aromatic amines is 1. The fourth-order valence-corrected chi connectivity index (χ4v) is 4.22. The number of carbonyl (C=O) groups is 1. The molecule has 1 saturated heterocycles. The number of aromatic nitrogens is 3. The van der Waals surface area contributed by atoms with Crippen molar-refractivity contribution >= 4 is 17.7 Å². The summed E-state index contributed by atoms with van der Waals surface area (Å²) in [7, 11) is 0. The standard InChI is InChI=1S/C15H24N4OS/c20-14-12(7-3-4-10-16-14)21-15-17-13(18-19-15)9-8-11-5-1-2-6-11/h11-12H,1-10H2,(H,16,20)(H,17,18,19)/t12-/m1/s1. The first-order valence-electron chi connectivity index (χ1n) is 8.17. The average Bonchev–Trinajstić information content (AvgIpc) is 3.10. The van der Waals surface area contributed by atoms with Gasteiger partial charge in [-0.2, -0.15) is 0 Å². The summed E-state index contributed by atoms with van der Waals surface area (Å²) < 4.78 is 0. The number of nitrogens with zero attached hydrogens (tertiary/aromatic N) is 2. The Balaban J connectivity index is 1.50. The third-order valence-electron chi connectivity index (χ3n) is 4.51. The summed E-state index contributed by atoms with van der Waals surface area (Å²) in [6.45, 7) is 0.802. The summed E-state index contributed by atoms with van der Waals surface area (Å²) in [4.78, 5) is 16.5. The maximum absolute atomic E-state index is 11.9. The summed E-state index contributed by atoms with van der Waals surface area (Å²) in [6.07, 6.45) is 10.8. The lowest BCUT2D eigenvalue weighted by molar-refractivity contribution is -0.120. The van der Waals surface area contributed by atoms with Crippen LogP contribution in [0.25, 0.3) is 0 Å². The number of aryl methyl sites for hydroxylation is 1. The predicted molar refractivity (Wildman–Crippen MR) is 83.2 cm³/mol. The highest BCUT2D eigenvalue weighted by Gasteiger charge is 2.23. The first-order valence-corrected chi connectivity index (χ1v) is 9.05. The van der Waals surface area contributed by atoms with Gasteiger partial charge in [-0.25, -0.2) is 4.98 Å². The molecule has 2 aliphatic rings. The van der Waals surface area contributed by atoms with E-state index >= 15 is 0 Å². The van der Waals surface area contributed by atoms with Crippen molar-refractivity contribution in [2.45, 2.75) is 68.2 Å². The zero-order chi connectivity index (χ0) is 14.5. The van der Waals surface area contributed by atoms with E-state index in [1.807, 2.05) is 0 Å². The van der Waals surface area contributed by atoms with Gasteiger partial charge in [-0.3, -0.25) is 9.89 Å². The van der Waals surface area contributed by atoms with Crippen LogP contribution >= 0.6 is 11.8 Å². The van der Waals surface area contributed by atoms with Gasteiger partial charge in [-0.05, 0) is 25.2 Å². The van der Waals surface area contributed by atoms with Crippen molar-refractivity contribution in [2.75, 3.05) is 6.54 Å². The minimum absolute atomic E-state index is 0.0361. The van der Waals surface area contributed by atoms with Crippen molar-refractivity contribution in [3.05, 3.63) is 5.82 Å². The predicted octanol–water partition coefficient (Wildman–Crippen LogP) is 2.69. The quantitative estimate of drug-likeness (QED) is 0.877. The van der Waals surface area contributed by atoms with E-state index in [1.165, 1.54) is 43.9 Å². The summed E-state index contributed by atoms with van der Waals surface area (Å²) >= 11 is 1.50. The summed E-state index contributed by atoms with van der Waals surface area (Å²) in [5.41, 5.74) is 0. The van der Waals surface area contributed by atoms with E-state index in [4.69, 9.17) is 0 Å². The van der Waals surface area contributed by atoms with Crippen molar-refractivity contribution in [1.82, 2.24) is 20.5 Å². The van der Waals surface area contributed by atoms with E-state index in [2.05, 4.69) is 20.5 Å². The Morgan fingerprint density at radius 1 is 1.14 bits per heavy atom. The molecule has 0 radical (unpaired) electrons. The first kappa shape index (κ1) is 14.9. The van der Waals surface area contributed by atoms with Crippen LogP contribution in [0.15, 0.2) is 5.16 Å². The van der Waals surface area contributed by atoms with Crippen molar-refractivity contribution in [2.24, 2.45) is 5.92 Å². The molecule has 0 spiro atoms. The third kappa shape index (κ3) is 4.22. The molecule has 6 heteroatoms. The van der Waals surface area contributed by atoms with E-state index in [9.17, 15) is 4.79 Å². The molecule has 116 valence electrons. The Bertz CT molecular complexity index is 470. The fourth-order valence-electron chi connectivity index (χ4n) is 3.23. The molecule has 2 N–H and O–H groups in total. The zero-order valence-electron chi connectivity index (χ0n) is 12.4. The van der Waals surface area contributed by atoms with Gasteiger partial charge >= 0.3 is 0 Å². The molecule has 3 rings (SSSR count). The van der Waals surface area contributed by atoms with Crippen molar-refractivity contribution in [1.29, 1.82) is 0 Å². The number of carbonyl (C=O) groups excluding carboxylic acids is 1. The van der Waals surface area contributed by atoms with E-state index in [0.717, 1.165) is 49.1 Å². The van der Waals surface area contributed by atoms with E-state index in [1.54, 1.807) is 0 Å². The Morgan fingerprint density at radius 3 is 2.81 bits per heavy atom. The van der Waals surface area contributed by atoms with Crippen LogP contribution in [0, 0.1) is 5.92 Å². The van der Waals surface area contributed by atoms with Crippen LogP contribution in [0.2, 0.25) is 0 Å². The maximum Gasteiger partial charge on any atom is 0.233 e. The second kappa shape index (κ2) is 7.29. The highest BCUT2D eigenvalue weighted by atomic mass is 32.2. The molecule has 1 aromatic heterocycles. The largest absolute Gasteiger partial charge is 0.355 e. The Hall–Kier alpha value is -1.04. The van der Waals surface area contributed by atoms with Gasteiger partial charge in [0.25, 0.3) is 0 Å². The molecule has 0 aromatic carbocycles. The molecular formula is C15H24N4OS. The summed E-state index contributed by atoms with van der Waals surface area (Å²) in [5, 5.41) is 10.9. The summed E-state index contributed by atoms with van der Waals surface area (Å²) in [5.74, 6) is 1.98. The van der Waals surface area contributed by atoms with Crippen molar-refractivity contribution < 1.29 is 4.79 Å². The van der Waals surface area contributed by atoms with Crippen LogP contribution in [0.1, 0.15) is 57.2 Å². The maximum atomic E-state index is 11.9. The topological polar surface area (TPSA) is 70.7 Å². The van der Waals surface area contributed by atoms with Gasteiger partial charge in [0.15, 0.2) is 0 Å². The Kier molecular flexibility index (Phi) is 5.17. The summed E-state index contributed by atoms with van der Waals surface area (Å²) in [6, 6.07) is 0. The highest BCUT2D eigenvalue weighted by Crippen LogP contribution is 2.29. The Labute approximate surface area is 130 Å². The highest BCUT2D eigenvalue weighted by molar-refractivity contribution is 8.00. The third-order valence-corrected chi connectivity index (χ3v) is 5.64. The number of thioether (sulfide) groups is 1. The van der Waals surface area contributed by atoms with Gasteiger partial charge < -0.3 is 5.32 Å². The lowest BCUT2D eigenvalue weighted by Crippen LogP contribution is -2.30. The number of amides is 1. The molecule has 1 aromatic rings. The lowest BCUT2D eigenvalue weighted by Gasteiger charge is -2.09. The first-order chi connectivity index (χ1) is 10.3. The molecule has 1 amide bonds. The van der Waals surface area contributed by atoms with Gasteiger partial charge in [-0.15, -0.1) is 5.10 Å². The van der Waals surface area contributed by atoms with Gasteiger partial charge in [0.05, 0.1) is 5.25 Å². The van der Waals surface area contributed by atoms with E-state index in [0.29, 0.717) is 0 Å². The molecule has 5 nitrogen and oxygen atoms in total. The van der Waals surface area contributed by atoms with Crippen LogP contribution in [0.5, 0.6) is 0 Å². The zero-order valence-corrected chi connectivity index (χ0v) is 13.3. The van der Waals surface area contributed by atoms with Crippen molar-refractivity contribution in [3.63, 3.8) is 0 Å². The molecule has 2 fully saturated rings.